The summed E-state index contributed by atoms with van der Waals surface area (Å²) < 4.78 is 0. The Morgan fingerprint density at radius 2 is 1.56 bits per heavy atom. The lowest BCUT2D eigenvalue weighted by Crippen LogP contribution is -2.35. The fraction of sp³-hybridized carbons (Fsp3) is 0.500. The van der Waals surface area contributed by atoms with Gasteiger partial charge < -0.3 is 20.4 Å². The summed E-state index contributed by atoms with van der Waals surface area (Å²) in [5, 5.41) is 5.24. The van der Waals surface area contributed by atoms with Crippen LogP contribution in [0.2, 0.25) is 0 Å². The average Bonchev–Trinajstić information content (AvgIpc) is 2.30. The molecule has 0 aliphatic heterocycles. The molecule has 0 aromatic heterocycles. The maximum atomic E-state index is 11.2. The van der Waals surface area contributed by atoms with E-state index in [4.69, 9.17) is 0 Å². The molecule has 0 spiro atoms. The fourth-order valence-corrected chi connectivity index (χ4v) is 0.832. The summed E-state index contributed by atoms with van der Waals surface area (Å²) in [7, 11) is 6.61. The lowest BCUT2D eigenvalue weighted by molar-refractivity contribution is 0.218. The van der Waals surface area contributed by atoms with Gasteiger partial charge in [0.1, 0.15) is 0 Å². The van der Waals surface area contributed by atoms with Gasteiger partial charge in [0.2, 0.25) is 0 Å². The molecule has 0 saturated heterocycles. The van der Waals surface area contributed by atoms with Crippen molar-refractivity contribution in [1.82, 2.24) is 20.4 Å². The van der Waals surface area contributed by atoms with E-state index in [0.717, 1.165) is 0 Å². The van der Waals surface area contributed by atoms with Gasteiger partial charge in [-0.25, -0.2) is 9.59 Å². The minimum atomic E-state index is -0.198. The smallest absolute Gasteiger partial charge is 0.317 e. The van der Waals surface area contributed by atoms with Gasteiger partial charge in [-0.3, -0.25) is 0 Å². The number of urea groups is 2. The van der Waals surface area contributed by atoms with Crippen molar-refractivity contribution in [3.05, 3.63) is 12.2 Å². The second-order valence-corrected chi connectivity index (χ2v) is 4.01. The van der Waals surface area contributed by atoms with Crippen molar-refractivity contribution in [3.8, 4) is 11.8 Å². The maximum absolute atomic E-state index is 11.2. The van der Waals surface area contributed by atoms with E-state index >= 15 is 0 Å². The molecule has 100 valence electrons. The van der Waals surface area contributed by atoms with Gasteiger partial charge in [0, 0.05) is 33.8 Å². The molecular formula is C12H20N4O2. The quantitative estimate of drug-likeness (QED) is 0.699. The van der Waals surface area contributed by atoms with E-state index in [0.29, 0.717) is 12.1 Å². The molecule has 2 N–H and O–H groups in total. The fourth-order valence-electron chi connectivity index (χ4n) is 0.832. The Morgan fingerprint density at radius 3 is 2.06 bits per heavy atom. The number of amides is 4. The van der Waals surface area contributed by atoms with Crippen molar-refractivity contribution in [2.45, 2.75) is 0 Å². The minimum absolute atomic E-state index is 0.195. The van der Waals surface area contributed by atoms with Gasteiger partial charge in [0.05, 0.1) is 13.1 Å². The Kier molecular flexibility index (Phi) is 7.05. The van der Waals surface area contributed by atoms with Crippen LogP contribution in [0.15, 0.2) is 12.2 Å². The zero-order valence-electron chi connectivity index (χ0n) is 11.3. The van der Waals surface area contributed by atoms with Crippen LogP contribution in [-0.2, 0) is 0 Å². The first kappa shape index (κ1) is 15.8. The number of hydrogen-bond donors (Lipinski definition) is 2. The molecule has 0 aromatic rings. The van der Waals surface area contributed by atoms with Crippen LogP contribution >= 0.6 is 0 Å². The van der Waals surface area contributed by atoms with Crippen LogP contribution in [0.1, 0.15) is 0 Å². The normalized spacial score (nSPS) is 8.67. The highest BCUT2D eigenvalue weighted by Crippen LogP contribution is 1.85. The second-order valence-electron chi connectivity index (χ2n) is 4.01. The van der Waals surface area contributed by atoms with E-state index in [-0.39, 0.29) is 18.6 Å². The molecule has 0 atom stereocenters. The van der Waals surface area contributed by atoms with Crippen LogP contribution in [0.4, 0.5) is 9.59 Å². The number of carbonyl (C=O) groups is 2. The molecule has 4 amide bonds. The molecule has 0 radical (unpaired) electrons. The molecule has 0 rings (SSSR count). The van der Waals surface area contributed by atoms with Crippen molar-refractivity contribution in [2.24, 2.45) is 0 Å². The van der Waals surface area contributed by atoms with Gasteiger partial charge >= 0.3 is 12.1 Å². The van der Waals surface area contributed by atoms with Crippen molar-refractivity contribution in [1.29, 1.82) is 0 Å². The first-order valence-corrected chi connectivity index (χ1v) is 5.41. The summed E-state index contributed by atoms with van der Waals surface area (Å²) in [6.07, 6.45) is 0. The lowest BCUT2D eigenvalue weighted by atomic mass is 10.3. The number of hydrogen-bond acceptors (Lipinski definition) is 2. The van der Waals surface area contributed by atoms with E-state index < -0.39 is 0 Å². The minimum Gasteiger partial charge on any atom is -0.333 e. The third kappa shape index (κ3) is 7.17. The van der Waals surface area contributed by atoms with Gasteiger partial charge in [-0.15, -0.1) is 0 Å². The van der Waals surface area contributed by atoms with Crippen molar-refractivity contribution < 1.29 is 9.59 Å². The summed E-state index contributed by atoms with van der Waals surface area (Å²) in [5.41, 5.74) is 0.587. The summed E-state index contributed by atoms with van der Waals surface area (Å²) >= 11 is 0. The second kappa shape index (κ2) is 8.01. The van der Waals surface area contributed by atoms with Gasteiger partial charge in [0.25, 0.3) is 0 Å². The molecule has 6 heteroatoms. The Labute approximate surface area is 108 Å². The largest absolute Gasteiger partial charge is 0.333 e. The number of rotatable bonds is 3. The van der Waals surface area contributed by atoms with E-state index in [1.807, 2.05) is 0 Å². The molecular weight excluding hydrogens is 232 g/mol. The molecule has 6 nitrogen and oxygen atoms in total. The molecule has 0 unspecified atom stereocenters. The number of nitrogens with one attached hydrogen (secondary N) is 2. The van der Waals surface area contributed by atoms with Crippen LogP contribution in [0.25, 0.3) is 0 Å². The Morgan fingerprint density at radius 1 is 1.06 bits per heavy atom. The zero-order chi connectivity index (χ0) is 14.1. The molecule has 18 heavy (non-hydrogen) atoms. The number of nitrogens with zero attached hydrogens (tertiary/aromatic N) is 2. The first-order valence-electron chi connectivity index (χ1n) is 5.41. The Bertz CT molecular complexity index is 377. The molecule has 0 heterocycles. The van der Waals surface area contributed by atoms with Crippen LogP contribution in [-0.4, -0.2) is 63.1 Å². The lowest BCUT2D eigenvalue weighted by Gasteiger charge is -2.11. The topological polar surface area (TPSA) is 64.7 Å². The SMILES string of the molecule is C=C(C#CCNC(=O)N(C)C)CNC(=O)N(C)C. The molecule has 0 saturated carbocycles. The predicted octanol–water partition coefficient (Wildman–Crippen LogP) is 0.0884. The summed E-state index contributed by atoms with van der Waals surface area (Å²) in [6.45, 7) is 4.25. The van der Waals surface area contributed by atoms with Crippen LogP contribution in [0.3, 0.4) is 0 Å². The van der Waals surface area contributed by atoms with E-state index in [2.05, 4.69) is 29.1 Å². The first-order chi connectivity index (χ1) is 8.34. The van der Waals surface area contributed by atoms with E-state index in [9.17, 15) is 9.59 Å². The zero-order valence-corrected chi connectivity index (χ0v) is 11.3. The standard InChI is InChI=1S/C12H20N4O2/c1-10(9-14-12(18)16(4)5)7-6-8-13-11(17)15(2)3/h1,8-9H2,2-5H3,(H,13,17)(H,14,18). The molecule has 0 bridgehead atoms. The maximum Gasteiger partial charge on any atom is 0.317 e. The molecule has 0 aliphatic rings. The third-order valence-electron chi connectivity index (χ3n) is 1.86. The predicted molar refractivity (Wildman–Crippen MR) is 71.1 cm³/mol. The van der Waals surface area contributed by atoms with Gasteiger partial charge in [0.15, 0.2) is 0 Å². The van der Waals surface area contributed by atoms with Gasteiger partial charge in [-0.1, -0.05) is 18.4 Å². The van der Waals surface area contributed by atoms with Crippen LogP contribution in [0.5, 0.6) is 0 Å². The van der Waals surface area contributed by atoms with E-state index in [1.54, 1.807) is 28.2 Å². The summed E-state index contributed by atoms with van der Waals surface area (Å²) in [4.78, 5) is 25.2. The molecule has 0 fully saturated rings. The van der Waals surface area contributed by atoms with Crippen LogP contribution < -0.4 is 10.6 Å². The third-order valence-corrected chi connectivity index (χ3v) is 1.86. The average molecular weight is 252 g/mol. The highest BCUT2D eigenvalue weighted by atomic mass is 16.2. The van der Waals surface area contributed by atoms with Gasteiger partial charge in [-0.05, 0) is 0 Å². The Balaban J connectivity index is 3.90. The van der Waals surface area contributed by atoms with Crippen molar-refractivity contribution >= 4 is 12.1 Å². The van der Waals surface area contributed by atoms with Gasteiger partial charge in [-0.2, -0.15) is 0 Å². The Hall–Kier alpha value is -2.16. The summed E-state index contributed by atoms with van der Waals surface area (Å²) in [5.74, 6) is 5.51. The highest BCUT2D eigenvalue weighted by molar-refractivity contribution is 5.74. The van der Waals surface area contributed by atoms with E-state index in [1.165, 1.54) is 9.80 Å². The monoisotopic (exact) mass is 252 g/mol. The van der Waals surface area contributed by atoms with Crippen molar-refractivity contribution in [3.63, 3.8) is 0 Å². The molecule has 0 aromatic carbocycles. The highest BCUT2D eigenvalue weighted by Gasteiger charge is 2.01. The van der Waals surface area contributed by atoms with Crippen molar-refractivity contribution in [2.75, 3.05) is 41.3 Å². The van der Waals surface area contributed by atoms with Crippen LogP contribution in [0, 0.1) is 11.8 Å². The summed E-state index contributed by atoms with van der Waals surface area (Å²) in [6, 6.07) is -0.394. The number of carbonyl (C=O) groups excluding carboxylic acids is 2. The molecule has 0 aliphatic carbocycles.